The van der Waals surface area contributed by atoms with Crippen molar-refractivity contribution in [3.63, 3.8) is 0 Å². The lowest BCUT2D eigenvalue weighted by molar-refractivity contribution is -0.137. The number of carboxylic acid groups (broad SMARTS) is 1. The van der Waals surface area contributed by atoms with Gasteiger partial charge in [0.05, 0.1) is 0 Å². The zero-order chi connectivity index (χ0) is 5.86. The molecule has 0 saturated carbocycles. The third kappa shape index (κ3) is 9.50. The van der Waals surface area contributed by atoms with Crippen molar-refractivity contribution in [2.45, 2.75) is 20.3 Å². The van der Waals surface area contributed by atoms with Gasteiger partial charge < -0.3 is 5.11 Å². The highest BCUT2D eigenvalue weighted by Crippen LogP contribution is 1.96. The van der Waals surface area contributed by atoms with Crippen LogP contribution in [0, 0.1) is 5.92 Å². The van der Waals surface area contributed by atoms with E-state index in [1.54, 1.807) is 0 Å². The van der Waals surface area contributed by atoms with E-state index in [4.69, 9.17) is 5.11 Å². The van der Waals surface area contributed by atoms with Crippen LogP contribution in [0.5, 0.6) is 0 Å². The van der Waals surface area contributed by atoms with Crippen LogP contribution in [0.3, 0.4) is 0 Å². The van der Waals surface area contributed by atoms with E-state index in [2.05, 4.69) is 0 Å². The number of rotatable bonds is 2. The maximum Gasteiger partial charge on any atom is 0.303 e. The Kier molecular flexibility index (Phi) is 7.38. The second-order valence-electron chi connectivity index (χ2n) is 1.99. The minimum absolute atomic E-state index is 0. The lowest BCUT2D eigenvalue weighted by Crippen LogP contribution is -1.99. The number of carboxylic acids is 1. The van der Waals surface area contributed by atoms with Gasteiger partial charge in [-0.1, -0.05) is 13.8 Å². The SMILES string of the molecule is CC(C)CC(=O)O.I. The summed E-state index contributed by atoms with van der Waals surface area (Å²) in [5.74, 6) is -0.438. The van der Waals surface area contributed by atoms with Gasteiger partial charge in [-0.2, -0.15) is 0 Å². The molecule has 0 aliphatic rings. The summed E-state index contributed by atoms with van der Waals surface area (Å²) >= 11 is 0. The van der Waals surface area contributed by atoms with Gasteiger partial charge >= 0.3 is 5.97 Å². The van der Waals surface area contributed by atoms with Crippen LogP contribution in [-0.4, -0.2) is 11.1 Å². The van der Waals surface area contributed by atoms with Gasteiger partial charge in [-0.25, -0.2) is 0 Å². The molecular formula is C5H11IO2. The molecular weight excluding hydrogens is 219 g/mol. The van der Waals surface area contributed by atoms with Crippen LogP contribution in [0.1, 0.15) is 20.3 Å². The van der Waals surface area contributed by atoms with Crippen molar-refractivity contribution in [2.75, 3.05) is 0 Å². The van der Waals surface area contributed by atoms with Crippen molar-refractivity contribution in [3.8, 4) is 0 Å². The van der Waals surface area contributed by atoms with Gasteiger partial charge in [0.25, 0.3) is 0 Å². The minimum atomic E-state index is -0.713. The molecule has 0 amide bonds. The predicted octanol–water partition coefficient (Wildman–Crippen LogP) is 1.74. The summed E-state index contributed by atoms with van der Waals surface area (Å²) in [4.78, 5) is 9.81. The Morgan fingerprint density at radius 1 is 1.62 bits per heavy atom. The number of hydrogen-bond acceptors (Lipinski definition) is 1. The van der Waals surface area contributed by atoms with Gasteiger partial charge in [0.1, 0.15) is 0 Å². The molecule has 0 fully saturated rings. The van der Waals surface area contributed by atoms with E-state index >= 15 is 0 Å². The average Bonchev–Trinajstić information content (AvgIpc) is 1.27. The fraction of sp³-hybridized carbons (Fsp3) is 0.800. The molecule has 50 valence electrons. The Balaban J connectivity index is 0. The summed E-state index contributed by atoms with van der Waals surface area (Å²) in [7, 11) is 0. The second-order valence-corrected chi connectivity index (χ2v) is 1.99. The first-order chi connectivity index (χ1) is 3.13. The van der Waals surface area contributed by atoms with Crippen molar-refractivity contribution < 1.29 is 9.90 Å². The van der Waals surface area contributed by atoms with Crippen molar-refractivity contribution in [1.82, 2.24) is 0 Å². The normalized spacial score (nSPS) is 8.38. The topological polar surface area (TPSA) is 37.3 Å². The zero-order valence-corrected chi connectivity index (χ0v) is 7.38. The van der Waals surface area contributed by atoms with Crippen LogP contribution in [0.2, 0.25) is 0 Å². The van der Waals surface area contributed by atoms with Gasteiger partial charge in [-0.3, -0.25) is 4.79 Å². The lowest BCUT2D eigenvalue weighted by atomic mass is 10.1. The van der Waals surface area contributed by atoms with Gasteiger partial charge in [0, 0.05) is 6.42 Å². The van der Waals surface area contributed by atoms with E-state index < -0.39 is 5.97 Å². The Morgan fingerprint density at radius 3 is 2.00 bits per heavy atom. The molecule has 0 unspecified atom stereocenters. The molecule has 0 aliphatic carbocycles. The molecule has 0 heterocycles. The van der Waals surface area contributed by atoms with Gasteiger partial charge in [-0.05, 0) is 5.92 Å². The van der Waals surface area contributed by atoms with Gasteiger partial charge in [0.2, 0.25) is 0 Å². The largest absolute Gasteiger partial charge is 0.481 e. The molecule has 0 saturated heterocycles. The Morgan fingerprint density at radius 2 is 2.00 bits per heavy atom. The third-order valence-electron chi connectivity index (χ3n) is 0.583. The van der Waals surface area contributed by atoms with Crippen LogP contribution in [-0.2, 0) is 4.79 Å². The van der Waals surface area contributed by atoms with E-state index in [1.807, 2.05) is 13.8 Å². The molecule has 2 nitrogen and oxygen atoms in total. The number of halogens is 1. The molecule has 0 radical (unpaired) electrons. The molecule has 0 aromatic carbocycles. The second kappa shape index (κ2) is 5.34. The quantitative estimate of drug-likeness (QED) is 0.733. The molecule has 0 bridgehead atoms. The van der Waals surface area contributed by atoms with E-state index in [0.29, 0.717) is 0 Å². The van der Waals surface area contributed by atoms with Crippen LogP contribution < -0.4 is 0 Å². The molecule has 1 N–H and O–H groups in total. The summed E-state index contributed by atoms with van der Waals surface area (Å²) < 4.78 is 0. The number of aliphatic carboxylic acids is 1. The summed E-state index contributed by atoms with van der Waals surface area (Å²) in [6, 6.07) is 0. The Hall–Kier alpha value is 0.200. The van der Waals surface area contributed by atoms with Crippen LogP contribution in [0.15, 0.2) is 0 Å². The molecule has 0 spiro atoms. The highest BCUT2D eigenvalue weighted by molar-refractivity contribution is 14.0. The van der Waals surface area contributed by atoms with Crippen molar-refractivity contribution >= 4 is 29.9 Å². The zero-order valence-electron chi connectivity index (χ0n) is 5.05. The third-order valence-corrected chi connectivity index (χ3v) is 0.583. The Labute approximate surface area is 66.3 Å². The van der Waals surface area contributed by atoms with E-state index in [9.17, 15) is 4.79 Å². The van der Waals surface area contributed by atoms with Crippen LogP contribution >= 0.6 is 24.0 Å². The molecule has 3 heteroatoms. The fourth-order valence-corrected chi connectivity index (χ4v) is 0.349. The highest BCUT2D eigenvalue weighted by Gasteiger charge is 1.98. The molecule has 0 aliphatic heterocycles. The maximum absolute atomic E-state index is 9.81. The first-order valence-corrected chi connectivity index (χ1v) is 2.34. The smallest absolute Gasteiger partial charge is 0.303 e. The van der Waals surface area contributed by atoms with Crippen LogP contribution in [0.25, 0.3) is 0 Å². The van der Waals surface area contributed by atoms with E-state index in [-0.39, 0.29) is 36.3 Å². The number of carbonyl (C=O) groups is 1. The predicted molar refractivity (Wildman–Crippen MR) is 42.5 cm³/mol. The molecule has 8 heavy (non-hydrogen) atoms. The summed E-state index contributed by atoms with van der Waals surface area (Å²) in [5, 5.41) is 8.08. The first kappa shape index (κ1) is 11.1. The van der Waals surface area contributed by atoms with Crippen molar-refractivity contribution in [3.05, 3.63) is 0 Å². The maximum atomic E-state index is 9.81. The summed E-state index contributed by atoms with van der Waals surface area (Å²) in [6.45, 7) is 3.77. The lowest BCUT2D eigenvalue weighted by Gasteiger charge is -1.94. The number of hydrogen-bond donors (Lipinski definition) is 1. The van der Waals surface area contributed by atoms with Crippen LogP contribution in [0.4, 0.5) is 0 Å². The van der Waals surface area contributed by atoms with E-state index in [1.165, 1.54) is 0 Å². The van der Waals surface area contributed by atoms with E-state index in [0.717, 1.165) is 0 Å². The minimum Gasteiger partial charge on any atom is -0.481 e. The van der Waals surface area contributed by atoms with Gasteiger partial charge in [-0.15, -0.1) is 24.0 Å². The Bertz CT molecular complexity index is 70.8. The summed E-state index contributed by atoms with van der Waals surface area (Å²) in [5.41, 5.74) is 0. The monoisotopic (exact) mass is 230 g/mol. The average molecular weight is 230 g/mol. The van der Waals surface area contributed by atoms with Gasteiger partial charge in [0.15, 0.2) is 0 Å². The fourth-order valence-electron chi connectivity index (χ4n) is 0.349. The summed E-state index contributed by atoms with van der Waals surface area (Å²) in [6.07, 6.45) is 0.278. The molecule has 0 rings (SSSR count). The highest BCUT2D eigenvalue weighted by atomic mass is 127. The van der Waals surface area contributed by atoms with Crippen molar-refractivity contribution in [1.29, 1.82) is 0 Å². The standard InChI is InChI=1S/C5H10O2.HI/c1-4(2)3-5(6)7;/h4H,3H2,1-2H3,(H,6,7);1H. The molecule has 0 aromatic heterocycles. The first-order valence-electron chi connectivity index (χ1n) is 2.34. The van der Waals surface area contributed by atoms with Crippen molar-refractivity contribution in [2.24, 2.45) is 5.92 Å². The molecule has 0 atom stereocenters. The molecule has 0 aromatic rings.